The van der Waals surface area contributed by atoms with E-state index < -0.39 is 0 Å². The van der Waals surface area contributed by atoms with Crippen molar-refractivity contribution in [2.45, 2.75) is 19.8 Å². The SMILES string of the molecule is CCNC(=O)N1CCC(CNc2nccc(-c3ccc4ccccc4c3)n2)CC1. The molecule has 0 aliphatic carbocycles. The lowest BCUT2D eigenvalue weighted by Crippen LogP contribution is -2.45. The van der Waals surface area contributed by atoms with Gasteiger partial charge in [0, 0.05) is 37.9 Å². The number of carbonyl (C=O) groups is 1. The van der Waals surface area contributed by atoms with Gasteiger partial charge in [-0.25, -0.2) is 14.8 Å². The molecule has 1 fully saturated rings. The summed E-state index contributed by atoms with van der Waals surface area (Å²) >= 11 is 0. The van der Waals surface area contributed by atoms with E-state index in [0.717, 1.165) is 43.7 Å². The number of carbonyl (C=O) groups excluding carboxylic acids is 1. The van der Waals surface area contributed by atoms with Crippen LogP contribution >= 0.6 is 0 Å². The number of fused-ring (bicyclic) bond motifs is 1. The van der Waals surface area contributed by atoms with Gasteiger partial charge < -0.3 is 15.5 Å². The van der Waals surface area contributed by atoms with Gasteiger partial charge in [-0.1, -0.05) is 36.4 Å². The summed E-state index contributed by atoms with van der Waals surface area (Å²) in [6, 6.07) is 16.7. The number of piperidine rings is 1. The molecular weight excluding hydrogens is 362 g/mol. The Balaban J connectivity index is 1.36. The zero-order valence-corrected chi connectivity index (χ0v) is 16.8. The molecule has 6 heteroatoms. The molecule has 1 aromatic heterocycles. The Labute approximate surface area is 171 Å². The van der Waals surface area contributed by atoms with Crippen molar-refractivity contribution in [3.05, 3.63) is 54.7 Å². The fourth-order valence-electron chi connectivity index (χ4n) is 3.79. The van der Waals surface area contributed by atoms with Gasteiger partial charge in [0.1, 0.15) is 0 Å². The highest BCUT2D eigenvalue weighted by Gasteiger charge is 2.22. The first-order valence-corrected chi connectivity index (χ1v) is 10.3. The van der Waals surface area contributed by atoms with E-state index in [0.29, 0.717) is 18.4 Å². The van der Waals surface area contributed by atoms with Gasteiger partial charge in [-0.2, -0.15) is 0 Å². The minimum atomic E-state index is 0.0466. The summed E-state index contributed by atoms with van der Waals surface area (Å²) in [4.78, 5) is 22.9. The molecule has 2 N–H and O–H groups in total. The van der Waals surface area contributed by atoms with Crippen LogP contribution in [0.1, 0.15) is 19.8 Å². The summed E-state index contributed by atoms with van der Waals surface area (Å²) in [6.45, 7) is 5.04. The van der Waals surface area contributed by atoms with Crippen LogP contribution in [-0.2, 0) is 0 Å². The van der Waals surface area contributed by atoms with E-state index in [9.17, 15) is 4.79 Å². The van der Waals surface area contributed by atoms with E-state index >= 15 is 0 Å². The molecule has 0 spiro atoms. The highest BCUT2D eigenvalue weighted by molar-refractivity contribution is 5.86. The lowest BCUT2D eigenvalue weighted by molar-refractivity contribution is 0.173. The molecule has 0 atom stereocenters. The number of nitrogens with one attached hydrogen (secondary N) is 2. The predicted octanol–water partition coefficient (Wildman–Crippen LogP) is 4.15. The molecule has 1 aliphatic heterocycles. The molecule has 0 unspecified atom stereocenters. The van der Waals surface area contributed by atoms with E-state index in [-0.39, 0.29) is 6.03 Å². The number of hydrogen-bond donors (Lipinski definition) is 2. The quantitative estimate of drug-likeness (QED) is 0.688. The molecule has 4 rings (SSSR count). The number of likely N-dealkylation sites (tertiary alicyclic amines) is 1. The van der Waals surface area contributed by atoms with Crippen molar-refractivity contribution in [2.75, 3.05) is 31.5 Å². The minimum Gasteiger partial charge on any atom is -0.354 e. The average Bonchev–Trinajstić information content (AvgIpc) is 2.78. The minimum absolute atomic E-state index is 0.0466. The van der Waals surface area contributed by atoms with E-state index in [1.165, 1.54) is 10.8 Å². The number of urea groups is 1. The average molecular weight is 390 g/mol. The number of aromatic nitrogens is 2. The van der Waals surface area contributed by atoms with Crippen molar-refractivity contribution in [3.63, 3.8) is 0 Å². The van der Waals surface area contributed by atoms with Gasteiger partial charge in [0.25, 0.3) is 0 Å². The van der Waals surface area contributed by atoms with Crippen molar-refractivity contribution in [1.82, 2.24) is 20.2 Å². The van der Waals surface area contributed by atoms with Crippen molar-refractivity contribution in [3.8, 4) is 11.3 Å². The maximum Gasteiger partial charge on any atom is 0.317 e. The van der Waals surface area contributed by atoms with Gasteiger partial charge in [0.15, 0.2) is 0 Å². The van der Waals surface area contributed by atoms with Crippen LogP contribution in [0.5, 0.6) is 0 Å². The number of anilines is 1. The molecule has 0 radical (unpaired) electrons. The first-order valence-electron chi connectivity index (χ1n) is 10.3. The van der Waals surface area contributed by atoms with Gasteiger partial charge >= 0.3 is 6.03 Å². The third-order valence-electron chi connectivity index (χ3n) is 5.48. The third-order valence-corrected chi connectivity index (χ3v) is 5.48. The molecule has 0 bridgehead atoms. The standard InChI is InChI=1S/C23H27N5O/c1-2-24-23(29)28-13-10-17(11-14-28)16-26-22-25-12-9-21(27-22)20-8-7-18-5-3-4-6-19(18)15-20/h3-9,12,15,17H,2,10-11,13-14,16H2,1H3,(H,24,29)(H,25,26,27). The molecule has 1 saturated heterocycles. The van der Waals surface area contributed by atoms with E-state index in [1.54, 1.807) is 6.20 Å². The Morgan fingerprint density at radius 1 is 1.10 bits per heavy atom. The molecular formula is C23H27N5O. The van der Waals surface area contributed by atoms with Crippen molar-refractivity contribution >= 4 is 22.8 Å². The largest absolute Gasteiger partial charge is 0.354 e. The molecule has 2 amide bonds. The highest BCUT2D eigenvalue weighted by atomic mass is 16.2. The molecule has 2 aromatic carbocycles. The van der Waals surface area contributed by atoms with Gasteiger partial charge in [0.05, 0.1) is 5.69 Å². The number of benzene rings is 2. The number of rotatable bonds is 5. The number of amides is 2. The fourth-order valence-corrected chi connectivity index (χ4v) is 3.79. The van der Waals surface area contributed by atoms with Gasteiger partial charge in [-0.05, 0) is 48.6 Å². The molecule has 29 heavy (non-hydrogen) atoms. The monoisotopic (exact) mass is 389 g/mol. The van der Waals surface area contributed by atoms with Crippen LogP contribution in [0.15, 0.2) is 54.7 Å². The van der Waals surface area contributed by atoms with Crippen molar-refractivity contribution in [2.24, 2.45) is 5.92 Å². The van der Waals surface area contributed by atoms with E-state index in [1.807, 2.05) is 17.9 Å². The third kappa shape index (κ3) is 4.65. The van der Waals surface area contributed by atoms with Crippen LogP contribution in [0.2, 0.25) is 0 Å². The maximum atomic E-state index is 11.9. The molecule has 1 aliphatic rings. The Hall–Kier alpha value is -3.15. The lowest BCUT2D eigenvalue weighted by atomic mass is 9.97. The zero-order valence-electron chi connectivity index (χ0n) is 16.8. The van der Waals surface area contributed by atoms with Crippen LogP contribution in [0.25, 0.3) is 22.0 Å². The van der Waals surface area contributed by atoms with Crippen LogP contribution in [0.3, 0.4) is 0 Å². The van der Waals surface area contributed by atoms with Crippen molar-refractivity contribution < 1.29 is 4.79 Å². The highest BCUT2D eigenvalue weighted by Crippen LogP contribution is 2.24. The van der Waals surface area contributed by atoms with E-state index in [4.69, 9.17) is 4.98 Å². The summed E-state index contributed by atoms with van der Waals surface area (Å²) < 4.78 is 0. The van der Waals surface area contributed by atoms with Gasteiger partial charge in [0.2, 0.25) is 5.95 Å². The van der Waals surface area contributed by atoms with Crippen LogP contribution in [-0.4, -0.2) is 47.1 Å². The predicted molar refractivity (Wildman–Crippen MR) is 117 cm³/mol. The van der Waals surface area contributed by atoms with Crippen LogP contribution in [0, 0.1) is 5.92 Å². The smallest absolute Gasteiger partial charge is 0.317 e. The Morgan fingerprint density at radius 3 is 2.69 bits per heavy atom. The molecule has 0 saturated carbocycles. The first kappa shape index (κ1) is 19.2. The van der Waals surface area contributed by atoms with E-state index in [2.05, 4.69) is 58.1 Å². The summed E-state index contributed by atoms with van der Waals surface area (Å²) in [7, 11) is 0. The second-order valence-electron chi connectivity index (χ2n) is 7.47. The number of hydrogen-bond acceptors (Lipinski definition) is 4. The first-order chi connectivity index (χ1) is 14.2. The summed E-state index contributed by atoms with van der Waals surface area (Å²) in [5.74, 6) is 1.18. The number of nitrogens with zero attached hydrogens (tertiary/aromatic N) is 3. The normalized spacial score (nSPS) is 14.7. The molecule has 150 valence electrons. The summed E-state index contributed by atoms with van der Waals surface area (Å²) in [6.07, 6.45) is 3.79. The maximum absolute atomic E-state index is 11.9. The Morgan fingerprint density at radius 2 is 1.90 bits per heavy atom. The lowest BCUT2D eigenvalue weighted by Gasteiger charge is -2.32. The summed E-state index contributed by atoms with van der Waals surface area (Å²) in [5.41, 5.74) is 2.00. The Kier molecular flexibility index (Phi) is 5.89. The van der Waals surface area contributed by atoms with Gasteiger partial charge in [-0.3, -0.25) is 0 Å². The topological polar surface area (TPSA) is 70.2 Å². The second kappa shape index (κ2) is 8.90. The van der Waals surface area contributed by atoms with Crippen LogP contribution in [0.4, 0.5) is 10.7 Å². The fraction of sp³-hybridized carbons (Fsp3) is 0.348. The molecule has 6 nitrogen and oxygen atoms in total. The molecule has 3 aromatic rings. The second-order valence-corrected chi connectivity index (χ2v) is 7.47. The zero-order chi connectivity index (χ0) is 20.1. The van der Waals surface area contributed by atoms with Gasteiger partial charge in [-0.15, -0.1) is 0 Å². The molecule has 2 heterocycles. The van der Waals surface area contributed by atoms with Crippen LogP contribution < -0.4 is 10.6 Å². The Bertz CT molecular complexity index is 982. The summed E-state index contributed by atoms with van der Waals surface area (Å²) in [5, 5.41) is 8.69. The van der Waals surface area contributed by atoms with Crippen molar-refractivity contribution in [1.29, 1.82) is 0 Å².